The molecule has 156 valence electrons. The van der Waals surface area contributed by atoms with E-state index >= 15 is 0 Å². The molecule has 2 aliphatic rings. The summed E-state index contributed by atoms with van der Waals surface area (Å²) in [6, 6.07) is 21.3. The molecule has 0 unspecified atom stereocenters. The van der Waals surface area contributed by atoms with Gasteiger partial charge in [-0.15, -0.1) is 0 Å². The quantitative estimate of drug-likeness (QED) is 0.402. The van der Waals surface area contributed by atoms with Gasteiger partial charge in [0, 0.05) is 0 Å². The summed E-state index contributed by atoms with van der Waals surface area (Å²) in [6.45, 7) is 8.55. The molecule has 0 bridgehead atoms. The maximum atomic E-state index is 6.60. The van der Waals surface area contributed by atoms with Gasteiger partial charge in [0.1, 0.15) is 0 Å². The van der Waals surface area contributed by atoms with E-state index in [0.717, 1.165) is 12.8 Å². The molecule has 0 radical (unpaired) electrons. The van der Waals surface area contributed by atoms with Gasteiger partial charge in [-0.25, -0.2) is 0 Å². The van der Waals surface area contributed by atoms with Gasteiger partial charge in [-0.05, 0) is 81.6 Å². The molecule has 3 heteroatoms. The molecule has 2 aromatic rings. The Bertz CT molecular complexity index is 902. The first-order chi connectivity index (χ1) is 14.4. The highest BCUT2D eigenvalue weighted by Gasteiger charge is 2.53. The second-order valence-electron chi connectivity index (χ2n) is 9.50. The topological polar surface area (TPSA) is 18.5 Å². The second-order valence-corrected chi connectivity index (χ2v) is 9.50. The first-order valence-corrected chi connectivity index (χ1v) is 11.3. The van der Waals surface area contributed by atoms with E-state index in [0.29, 0.717) is 0 Å². The molecule has 1 saturated heterocycles. The van der Waals surface area contributed by atoms with Gasteiger partial charge in [0.05, 0.1) is 11.2 Å². The first-order valence-electron chi connectivity index (χ1n) is 11.3. The summed E-state index contributed by atoms with van der Waals surface area (Å²) in [5.74, 6) is 0. The van der Waals surface area contributed by atoms with Crippen LogP contribution in [0.4, 0.5) is 0 Å². The standard InChI is InChI=1S/C27H33BO2/c1-26(2)27(3,4)30-28(29-26)25(23-18-12-7-13-19-23)24(22-16-10-6-11-17-22)20-21-14-8-5-9-15-21/h5-6,8-11,14-17,20H,7,12-13,18-19H2,1-4H3/b24-20+. The van der Waals surface area contributed by atoms with Gasteiger partial charge >= 0.3 is 7.12 Å². The lowest BCUT2D eigenvalue weighted by Gasteiger charge is -2.32. The maximum absolute atomic E-state index is 6.60. The Balaban J connectivity index is 1.88. The van der Waals surface area contributed by atoms with Crippen LogP contribution in [0.3, 0.4) is 0 Å². The molecular weight excluding hydrogens is 367 g/mol. The minimum absolute atomic E-state index is 0.349. The van der Waals surface area contributed by atoms with Crippen molar-refractivity contribution in [2.45, 2.75) is 71.0 Å². The molecule has 1 aliphatic heterocycles. The van der Waals surface area contributed by atoms with E-state index in [1.54, 1.807) is 0 Å². The van der Waals surface area contributed by atoms with Crippen molar-refractivity contribution in [3.8, 4) is 0 Å². The number of hydrogen-bond acceptors (Lipinski definition) is 2. The van der Waals surface area contributed by atoms with Crippen LogP contribution in [-0.2, 0) is 9.31 Å². The highest BCUT2D eigenvalue weighted by molar-refractivity contribution is 6.59. The van der Waals surface area contributed by atoms with Crippen molar-refractivity contribution >= 4 is 18.8 Å². The Labute approximate surface area is 182 Å². The molecular formula is C27H33BO2. The normalized spacial score (nSPS) is 21.0. The van der Waals surface area contributed by atoms with E-state index in [1.807, 2.05) is 0 Å². The van der Waals surface area contributed by atoms with Crippen molar-refractivity contribution < 1.29 is 9.31 Å². The predicted octanol–water partition coefficient (Wildman–Crippen LogP) is 7.12. The van der Waals surface area contributed by atoms with Gasteiger partial charge < -0.3 is 9.31 Å². The molecule has 0 aromatic heterocycles. The smallest absolute Gasteiger partial charge is 0.399 e. The van der Waals surface area contributed by atoms with Crippen molar-refractivity contribution in [2.75, 3.05) is 0 Å². The van der Waals surface area contributed by atoms with Crippen molar-refractivity contribution in [3.63, 3.8) is 0 Å². The Hall–Kier alpha value is -2.10. The largest absolute Gasteiger partial charge is 0.495 e. The Morgan fingerprint density at radius 3 is 1.87 bits per heavy atom. The molecule has 0 amide bonds. The van der Waals surface area contributed by atoms with E-state index in [-0.39, 0.29) is 18.3 Å². The van der Waals surface area contributed by atoms with Crippen LogP contribution in [0.1, 0.15) is 70.9 Å². The highest BCUT2D eigenvalue weighted by Crippen LogP contribution is 2.44. The van der Waals surface area contributed by atoms with E-state index < -0.39 is 0 Å². The van der Waals surface area contributed by atoms with Crippen LogP contribution in [0.15, 0.2) is 71.7 Å². The van der Waals surface area contributed by atoms with E-state index in [9.17, 15) is 0 Å². The number of rotatable bonds is 4. The number of hydrogen-bond donors (Lipinski definition) is 0. The summed E-state index contributed by atoms with van der Waals surface area (Å²) in [5, 5.41) is 0. The second kappa shape index (κ2) is 8.57. The van der Waals surface area contributed by atoms with Crippen molar-refractivity contribution in [1.82, 2.24) is 0 Å². The fourth-order valence-electron chi connectivity index (χ4n) is 4.34. The predicted molar refractivity (Wildman–Crippen MR) is 127 cm³/mol. The van der Waals surface area contributed by atoms with Crippen LogP contribution in [-0.4, -0.2) is 18.3 Å². The first kappa shape index (κ1) is 21.1. The summed E-state index contributed by atoms with van der Waals surface area (Å²) < 4.78 is 13.2. The highest BCUT2D eigenvalue weighted by atomic mass is 16.7. The maximum Gasteiger partial charge on any atom is 0.495 e. The zero-order valence-electron chi connectivity index (χ0n) is 18.8. The van der Waals surface area contributed by atoms with Gasteiger partial charge in [0.15, 0.2) is 0 Å². The summed E-state index contributed by atoms with van der Waals surface area (Å²) in [4.78, 5) is 0. The zero-order valence-corrected chi connectivity index (χ0v) is 18.8. The van der Waals surface area contributed by atoms with Crippen molar-refractivity contribution in [2.24, 2.45) is 0 Å². The SMILES string of the molecule is CC1(C)OB(C(=C2CCCCC2)/C(=C/c2ccccc2)c2ccccc2)OC1(C)C. The molecule has 1 aliphatic carbocycles. The molecule has 2 fully saturated rings. The van der Waals surface area contributed by atoms with Gasteiger partial charge in [0.25, 0.3) is 0 Å². The number of benzene rings is 2. The third-order valence-corrected chi connectivity index (χ3v) is 6.81. The molecule has 1 saturated carbocycles. The van der Waals surface area contributed by atoms with Crippen LogP contribution >= 0.6 is 0 Å². The third-order valence-electron chi connectivity index (χ3n) is 6.81. The molecule has 4 rings (SSSR count). The summed E-state index contributed by atoms with van der Waals surface area (Å²) in [5.41, 5.74) is 5.65. The van der Waals surface area contributed by atoms with Gasteiger partial charge in [0.2, 0.25) is 0 Å². The molecule has 0 N–H and O–H groups in total. The summed E-state index contributed by atoms with van der Waals surface area (Å²) in [7, 11) is -0.349. The van der Waals surface area contributed by atoms with E-state index in [4.69, 9.17) is 9.31 Å². The van der Waals surface area contributed by atoms with Crippen LogP contribution in [0.2, 0.25) is 0 Å². The van der Waals surface area contributed by atoms with Gasteiger partial charge in [-0.3, -0.25) is 0 Å². The van der Waals surface area contributed by atoms with Crippen molar-refractivity contribution in [3.05, 3.63) is 82.8 Å². The van der Waals surface area contributed by atoms with Crippen LogP contribution in [0.25, 0.3) is 11.6 Å². The Kier molecular flexibility index (Phi) is 6.04. The monoisotopic (exact) mass is 400 g/mol. The van der Waals surface area contributed by atoms with Gasteiger partial charge in [-0.1, -0.05) is 72.7 Å². The van der Waals surface area contributed by atoms with Crippen LogP contribution in [0, 0.1) is 0 Å². The Morgan fingerprint density at radius 2 is 1.30 bits per heavy atom. The van der Waals surface area contributed by atoms with Crippen molar-refractivity contribution in [1.29, 1.82) is 0 Å². The van der Waals surface area contributed by atoms with E-state index in [1.165, 1.54) is 47.0 Å². The van der Waals surface area contributed by atoms with Crippen LogP contribution < -0.4 is 0 Å². The van der Waals surface area contributed by atoms with Gasteiger partial charge in [-0.2, -0.15) is 0 Å². The van der Waals surface area contributed by atoms with E-state index in [2.05, 4.69) is 94.4 Å². The minimum atomic E-state index is -0.354. The van der Waals surface area contributed by atoms with Crippen LogP contribution in [0.5, 0.6) is 0 Å². The molecule has 2 nitrogen and oxygen atoms in total. The molecule has 1 heterocycles. The number of allylic oxidation sites excluding steroid dienone is 3. The molecule has 0 spiro atoms. The summed E-state index contributed by atoms with van der Waals surface area (Å²) in [6.07, 6.45) is 8.34. The lowest BCUT2D eigenvalue weighted by Crippen LogP contribution is -2.41. The zero-order chi connectivity index (χ0) is 21.2. The average Bonchev–Trinajstić information content (AvgIpc) is 2.96. The minimum Gasteiger partial charge on any atom is -0.399 e. The average molecular weight is 400 g/mol. The molecule has 30 heavy (non-hydrogen) atoms. The lowest BCUT2D eigenvalue weighted by atomic mass is 9.66. The third kappa shape index (κ3) is 4.33. The fourth-order valence-corrected chi connectivity index (χ4v) is 4.34. The lowest BCUT2D eigenvalue weighted by molar-refractivity contribution is 0.00578. The fraction of sp³-hybridized carbons (Fsp3) is 0.407. The molecule has 0 atom stereocenters. The Morgan fingerprint density at radius 1 is 0.767 bits per heavy atom. The summed E-state index contributed by atoms with van der Waals surface area (Å²) >= 11 is 0. The molecule has 2 aromatic carbocycles.